The van der Waals surface area contributed by atoms with Crippen molar-refractivity contribution in [3.63, 3.8) is 0 Å². The molecular formula is C13H25NO3. The van der Waals surface area contributed by atoms with Gasteiger partial charge in [0.1, 0.15) is 5.54 Å². The van der Waals surface area contributed by atoms with Crippen molar-refractivity contribution in [3.05, 3.63) is 0 Å². The summed E-state index contributed by atoms with van der Waals surface area (Å²) in [5.74, 6) is 0.193. The highest BCUT2D eigenvalue weighted by atomic mass is 16.5. The third-order valence-electron chi connectivity index (χ3n) is 3.31. The molecule has 0 radical (unpaired) electrons. The molecule has 0 spiro atoms. The molecule has 4 nitrogen and oxygen atoms in total. The average molecular weight is 243 g/mol. The standard InChI is InChI=1S/C13H25NO3/c1-9(2)10(3)17-8-13(4,12(15)16-5)14-11-6-7-11/h9-11,14H,6-8H2,1-5H3. The van der Waals surface area contributed by atoms with E-state index in [0.29, 0.717) is 18.6 Å². The molecule has 100 valence electrons. The molecule has 0 aromatic rings. The minimum Gasteiger partial charge on any atom is -0.468 e. The van der Waals surface area contributed by atoms with Crippen molar-refractivity contribution in [2.75, 3.05) is 13.7 Å². The van der Waals surface area contributed by atoms with Gasteiger partial charge in [-0.05, 0) is 32.6 Å². The summed E-state index contributed by atoms with van der Waals surface area (Å²) in [5.41, 5.74) is -0.723. The van der Waals surface area contributed by atoms with Gasteiger partial charge < -0.3 is 9.47 Å². The lowest BCUT2D eigenvalue weighted by atomic mass is 10.0. The van der Waals surface area contributed by atoms with Gasteiger partial charge >= 0.3 is 5.97 Å². The van der Waals surface area contributed by atoms with Gasteiger partial charge in [0.05, 0.1) is 19.8 Å². The van der Waals surface area contributed by atoms with Crippen molar-refractivity contribution < 1.29 is 14.3 Å². The van der Waals surface area contributed by atoms with Gasteiger partial charge in [-0.3, -0.25) is 5.32 Å². The highest BCUT2D eigenvalue weighted by Gasteiger charge is 2.40. The van der Waals surface area contributed by atoms with E-state index in [1.165, 1.54) is 7.11 Å². The topological polar surface area (TPSA) is 47.6 Å². The smallest absolute Gasteiger partial charge is 0.328 e. The average Bonchev–Trinajstić information content (AvgIpc) is 3.08. The Balaban J connectivity index is 2.53. The van der Waals surface area contributed by atoms with Crippen molar-refractivity contribution in [1.29, 1.82) is 0 Å². The molecule has 1 rings (SSSR count). The number of hydrogen-bond acceptors (Lipinski definition) is 4. The number of ether oxygens (including phenoxy) is 2. The van der Waals surface area contributed by atoms with Gasteiger partial charge in [0, 0.05) is 6.04 Å². The Morgan fingerprint density at radius 3 is 2.41 bits per heavy atom. The van der Waals surface area contributed by atoms with E-state index in [2.05, 4.69) is 19.2 Å². The summed E-state index contributed by atoms with van der Waals surface area (Å²) >= 11 is 0. The van der Waals surface area contributed by atoms with Gasteiger partial charge in [-0.25, -0.2) is 4.79 Å². The molecule has 0 aromatic heterocycles. The van der Waals surface area contributed by atoms with Crippen LogP contribution in [0, 0.1) is 5.92 Å². The Labute approximate surface area is 104 Å². The first-order valence-corrected chi connectivity index (χ1v) is 6.36. The number of nitrogens with one attached hydrogen (secondary N) is 1. The van der Waals surface area contributed by atoms with E-state index < -0.39 is 5.54 Å². The maximum absolute atomic E-state index is 11.8. The molecule has 1 saturated carbocycles. The fraction of sp³-hybridized carbons (Fsp3) is 0.923. The molecule has 0 bridgehead atoms. The molecule has 1 aliphatic rings. The van der Waals surface area contributed by atoms with Crippen LogP contribution in [0.5, 0.6) is 0 Å². The second-order valence-electron chi connectivity index (χ2n) is 5.50. The maximum Gasteiger partial charge on any atom is 0.328 e. The Morgan fingerprint density at radius 2 is 2.00 bits per heavy atom. The molecule has 1 N–H and O–H groups in total. The Kier molecular flexibility index (Phi) is 4.95. The molecule has 4 heteroatoms. The van der Waals surface area contributed by atoms with Gasteiger partial charge in [0.2, 0.25) is 0 Å². The normalized spacial score (nSPS) is 21.1. The summed E-state index contributed by atoms with van der Waals surface area (Å²) < 4.78 is 10.6. The van der Waals surface area contributed by atoms with Crippen LogP contribution in [0.4, 0.5) is 0 Å². The van der Waals surface area contributed by atoms with Crippen LogP contribution < -0.4 is 5.32 Å². The molecule has 0 aromatic carbocycles. The van der Waals surface area contributed by atoms with E-state index in [4.69, 9.17) is 9.47 Å². The lowest BCUT2D eigenvalue weighted by molar-refractivity contribution is -0.152. The SMILES string of the molecule is COC(=O)C(C)(COC(C)C(C)C)NC1CC1. The fourth-order valence-corrected chi connectivity index (χ4v) is 1.55. The summed E-state index contributed by atoms with van der Waals surface area (Å²) in [6.45, 7) is 8.45. The molecule has 0 amide bonds. The van der Waals surface area contributed by atoms with Crippen LogP contribution in [0.25, 0.3) is 0 Å². The van der Waals surface area contributed by atoms with E-state index in [1.807, 2.05) is 13.8 Å². The van der Waals surface area contributed by atoms with Crippen LogP contribution in [-0.4, -0.2) is 37.4 Å². The summed E-state index contributed by atoms with van der Waals surface area (Å²) in [5, 5.41) is 3.31. The van der Waals surface area contributed by atoms with E-state index in [-0.39, 0.29) is 12.1 Å². The Morgan fingerprint density at radius 1 is 1.41 bits per heavy atom. The predicted molar refractivity (Wildman–Crippen MR) is 66.8 cm³/mol. The summed E-state index contributed by atoms with van der Waals surface area (Å²) in [6.07, 6.45) is 2.40. The summed E-state index contributed by atoms with van der Waals surface area (Å²) in [7, 11) is 1.42. The lowest BCUT2D eigenvalue weighted by Crippen LogP contribution is -2.55. The zero-order chi connectivity index (χ0) is 13.1. The first-order valence-electron chi connectivity index (χ1n) is 6.36. The monoisotopic (exact) mass is 243 g/mol. The second kappa shape index (κ2) is 5.83. The van der Waals surface area contributed by atoms with Crippen molar-refractivity contribution in [3.8, 4) is 0 Å². The number of methoxy groups -OCH3 is 1. The molecule has 1 fully saturated rings. The van der Waals surface area contributed by atoms with Gasteiger partial charge in [0.25, 0.3) is 0 Å². The van der Waals surface area contributed by atoms with Gasteiger partial charge in [-0.1, -0.05) is 13.8 Å². The van der Waals surface area contributed by atoms with Crippen LogP contribution in [0.2, 0.25) is 0 Å². The van der Waals surface area contributed by atoms with E-state index in [0.717, 1.165) is 12.8 Å². The fourth-order valence-electron chi connectivity index (χ4n) is 1.55. The van der Waals surface area contributed by atoms with Crippen LogP contribution in [-0.2, 0) is 14.3 Å². The largest absolute Gasteiger partial charge is 0.468 e. The van der Waals surface area contributed by atoms with E-state index >= 15 is 0 Å². The van der Waals surface area contributed by atoms with Crippen molar-refractivity contribution in [1.82, 2.24) is 5.32 Å². The van der Waals surface area contributed by atoms with Crippen molar-refractivity contribution in [2.24, 2.45) is 5.92 Å². The zero-order valence-corrected chi connectivity index (χ0v) is 11.6. The van der Waals surface area contributed by atoms with Gasteiger partial charge in [0.15, 0.2) is 0 Å². The second-order valence-corrected chi connectivity index (χ2v) is 5.50. The molecule has 0 heterocycles. The molecular weight excluding hydrogens is 218 g/mol. The molecule has 2 unspecified atom stereocenters. The zero-order valence-electron chi connectivity index (χ0n) is 11.6. The number of carbonyl (C=O) groups is 1. The third-order valence-corrected chi connectivity index (χ3v) is 3.31. The highest BCUT2D eigenvalue weighted by Crippen LogP contribution is 2.24. The quantitative estimate of drug-likeness (QED) is 0.692. The van der Waals surface area contributed by atoms with Gasteiger partial charge in [-0.15, -0.1) is 0 Å². The minimum atomic E-state index is -0.723. The molecule has 1 aliphatic carbocycles. The number of rotatable bonds is 7. The molecule has 2 atom stereocenters. The number of esters is 1. The summed E-state index contributed by atoms with van der Waals surface area (Å²) in [6, 6.07) is 0.442. The molecule has 17 heavy (non-hydrogen) atoms. The van der Waals surface area contributed by atoms with Crippen LogP contribution in [0.15, 0.2) is 0 Å². The van der Waals surface area contributed by atoms with Crippen LogP contribution in [0.1, 0.15) is 40.5 Å². The van der Waals surface area contributed by atoms with Crippen LogP contribution in [0.3, 0.4) is 0 Å². The Hall–Kier alpha value is -0.610. The molecule has 0 aliphatic heterocycles. The van der Waals surface area contributed by atoms with Crippen LogP contribution >= 0.6 is 0 Å². The van der Waals surface area contributed by atoms with Crippen molar-refractivity contribution >= 4 is 5.97 Å². The predicted octanol–water partition coefficient (Wildman–Crippen LogP) is 1.73. The minimum absolute atomic E-state index is 0.139. The number of carbonyl (C=O) groups excluding carboxylic acids is 1. The van der Waals surface area contributed by atoms with Crippen molar-refractivity contribution in [2.45, 2.75) is 58.2 Å². The number of hydrogen-bond donors (Lipinski definition) is 1. The third kappa shape index (κ3) is 4.28. The molecule has 0 saturated heterocycles. The summed E-state index contributed by atoms with van der Waals surface area (Å²) in [4.78, 5) is 11.8. The Bertz CT molecular complexity index is 263. The van der Waals surface area contributed by atoms with Gasteiger partial charge in [-0.2, -0.15) is 0 Å². The maximum atomic E-state index is 11.8. The van der Waals surface area contributed by atoms with E-state index in [9.17, 15) is 4.79 Å². The lowest BCUT2D eigenvalue weighted by Gasteiger charge is -2.30. The van der Waals surface area contributed by atoms with E-state index in [1.54, 1.807) is 0 Å². The first kappa shape index (κ1) is 14.5. The first-order chi connectivity index (χ1) is 7.89. The highest BCUT2D eigenvalue weighted by molar-refractivity contribution is 5.80.